The van der Waals surface area contributed by atoms with Crippen LogP contribution in [0, 0.1) is 11.3 Å². The number of nitrogens with zero attached hydrogens (tertiary/aromatic N) is 2. The van der Waals surface area contributed by atoms with Crippen LogP contribution in [0.3, 0.4) is 0 Å². The largest absolute Gasteiger partial charge is 0.229 e. The molecule has 0 saturated heterocycles. The van der Waals surface area contributed by atoms with Crippen molar-refractivity contribution < 1.29 is 0 Å². The van der Waals surface area contributed by atoms with E-state index in [1.807, 2.05) is 24.3 Å². The molecule has 0 radical (unpaired) electrons. The van der Waals surface area contributed by atoms with Crippen LogP contribution in [0.1, 0.15) is 5.56 Å². The summed E-state index contributed by atoms with van der Waals surface area (Å²) in [5.74, 6) is 0. The summed E-state index contributed by atoms with van der Waals surface area (Å²) in [4.78, 5) is 5.21. The number of aromatic nitrogens is 1. The number of hydrogen-bond donors (Lipinski definition) is 0. The maximum Gasteiger partial charge on any atom is 0.131 e. The minimum absolute atomic E-state index is 0.332. The van der Waals surface area contributed by atoms with Gasteiger partial charge in [-0.3, -0.25) is 0 Å². The van der Waals surface area contributed by atoms with Crippen LogP contribution in [0.2, 0.25) is 5.15 Å². The lowest BCUT2D eigenvalue weighted by Gasteiger charge is -2.04. The first-order valence-electron chi connectivity index (χ1n) is 4.69. The Hall–Kier alpha value is -1.02. The molecule has 0 aliphatic heterocycles. The third kappa shape index (κ3) is 3.22. The molecule has 2 nitrogen and oxygen atoms in total. The van der Waals surface area contributed by atoms with Gasteiger partial charge in [-0.2, -0.15) is 5.26 Å². The Kier molecular flexibility index (Phi) is 4.06. The van der Waals surface area contributed by atoms with E-state index in [2.05, 4.69) is 27.0 Å². The molecule has 0 N–H and O–H groups in total. The van der Waals surface area contributed by atoms with E-state index in [0.29, 0.717) is 15.7 Å². The Balaban J connectivity index is 2.34. The van der Waals surface area contributed by atoms with Gasteiger partial charge in [-0.15, -0.1) is 0 Å². The number of benzene rings is 1. The summed E-state index contributed by atoms with van der Waals surface area (Å²) in [6.45, 7) is 0. The van der Waals surface area contributed by atoms with Crippen LogP contribution < -0.4 is 0 Å². The SMILES string of the molecule is N#Cc1cc(Cl)nc(Sc2ccccc2Br)c1. The third-order valence-electron chi connectivity index (χ3n) is 1.95. The smallest absolute Gasteiger partial charge is 0.131 e. The van der Waals surface area contributed by atoms with Gasteiger partial charge in [-0.25, -0.2) is 4.98 Å². The molecule has 1 aromatic heterocycles. The summed E-state index contributed by atoms with van der Waals surface area (Å²) < 4.78 is 0.991. The molecular formula is C12H6BrClN2S. The molecular weight excluding hydrogens is 320 g/mol. The summed E-state index contributed by atoms with van der Waals surface area (Å²) in [6.07, 6.45) is 0. The summed E-state index contributed by atoms with van der Waals surface area (Å²) in [5, 5.41) is 9.89. The van der Waals surface area contributed by atoms with Crippen molar-refractivity contribution in [3.05, 3.63) is 51.6 Å². The maximum absolute atomic E-state index is 8.85. The third-order valence-corrected chi connectivity index (χ3v) is 4.09. The molecule has 0 bridgehead atoms. The quantitative estimate of drug-likeness (QED) is 0.762. The molecule has 84 valence electrons. The van der Waals surface area contributed by atoms with Crippen LogP contribution in [0.5, 0.6) is 0 Å². The van der Waals surface area contributed by atoms with Crippen LogP contribution in [-0.2, 0) is 0 Å². The van der Waals surface area contributed by atoms with E-state index in [0.717, 1.165) is 9.37 Å². The Bertz CT molecular complexity index is 595. The number of halogens is 2. The zero-order valence-corrected chi connectivity index (χ0v) is 11.7. The second-order valence-corrected chi connectivity index (χ2v) is 5.46. The second kappa shape index (κ2) is 5.54. The molecule has 0 unspecified atom stereocenters. The average molecular weight is 326 g/mol. The first kappa shape index (κ1) is 12.4. The van der Waals surface area contributed by atoms with Gasteiger partial charge >= 0.3 is 0 Å². The Labute approximate surface area is 117 Å². The molecule has 0 spiro atoms. The fraction of sp³-hybridized carbons (Fsp3) is 0. The molecule has 1 heterocycles. The Morgan fingerprint density at radius 3 is 2.76 bits per heavy atom. The highest BCUT2D eigenvalue weighted by Gasteiger charge is 2.05. The topological polar surface area (TPSA) is 36.7 Å². The Morgan fingerprint density at radius 2 is 2.06 bits per heavy atom. The number of pyridine rings is 1. The minimum Gasteiger partial charge on any atom is -0.229 e. The van der Waals surface area contributed by atoms with Gasteiger partial charge in [0.15, 0.2) is 0 Å². The normalized spacial score (nSPS) is 9.94. The molecule has 2 rings (SSSR count). The molecule has 0 fully saturated rings. The van der Waals surface area contributed by atoms with E-state index in [-0.39, 0.29) is 0 Å². The van der Waals surface area contributed by atoms with Crippen LogP contribution in [0.15, 0.2) is 50.8 Å². The van der Waals surface area contributed by atoms with Gasteiger partial charge in [-0.05, 0) is 40.2 Å². The van der Waals surface area contributed by atoms with Crippen LogP contribution >= 0.6 is 39.3 Å². The molecule has 0 atom stereocenters. The van der Waals surface area contributed by atoms with Crippen molar-refractivity contribution in [3.8, 4) is 6.07 Å². The van der Waals surface area contributed by atoms with Gasteiger partial charge in [0.25, 0.3) is 0 Å². The van der Waals surface area contributed by atoms with Crippen molar-refractivity contribution in [2.45, 2.75) is 9.92 Å². The van der Waals surface area contributed by atoms with E-state index < -0.39 is 0 Å². The predicted molar refractivity (Wildman–Crippen MR) is 72.2 cm³/mol. The molecule has 0 saturated carbocycles. The van der Waals surface area contributed by atoms with Crippen molar-refractivity contribution in [1.82, 2.24) is 4.98 Å². The van der Waals surface area contributed by atoms with Crippen LogP contribution in [0.25, 0.3) is 0 Å². The molecule has 2 aromatic rings. The molecule has 0 amide bonds. The van der Waals surface area contributed by atoms with E-state index in [4.69, 9.17) is 16.9 Å². The van der Waals surface area contributed by atoms with E-state index in [1.54, 1.807) is 12.1 Å². The second-order valence-electron chi connectivity index (χ2n) is 3.16. The zero-order chi connectivity index (χ0) is 12.3. The highest BCUT2D eigenvalue weighted by molar-refractivity contribution is 9.10. The molecule has 17 heavy (non-hydrogen) atoms. The van der Waals surface area contributed by atoms with Gasteiger partial charge in [0.1, 0.15) is 10.2 Å². The van der Waals surface area contributed by atoms with Crippen molar-refractivity contribution in [3.63, 3.8) is 0 Å². The number of nitriles is 1. The summed E-state index contributed by atoms with van der Waals surface area (Å²) in [5.41, 5.74) is 0.513. The van der Waals surface area contributed by atoms with Gasteiger partial charge in [0.05, 0.1) is 11.6 Å². The fourth-order valence-corrected chi connectivity index (χ4v) is 2.88. The highest BCUT2D eigenvalue weighted by atomic mass is 79.9. The van der Waals surface area contributed by atoms with Crippen LogP contribution in [-0.4, -0.2) is 4.98 Å². The predicted octanol–water partition coefficient (Wildman–Crippen LogP) is 4.52. The molecule has 1 aromatic carbocycles. The lowest BCUT2D eigenvalue weighted by Crippen LogP contribution is -1.84. The van der Waals surface area contributed by atoms with E-state index >= 15 is 0 Å². The summed E-state index contributed by atoms with van der Waals surface area (Å²) in [6, 6.07) is 13.1. The Morgan fingerprint density at radius 1 is 1.29 bits per heavy atom. The van der Waals surface area contributed by atoms with Crippen molar-refractivity contribution >= 4 is 39.3 Å². The summed E-state index contributed by atoms with van der Waals surface area (Å²) in [7, 11) is 0. The van der Waals surface area contributed by atoms with Crippen molar-refractivity contribution in [2.75, 3.05) is 0 Å². The molecule has 0 aliphatic carbocycles. The monoisotopic (exact) mass is 324 g/mol. The lowest BCUT2D eigenvalue weighted by molar-refractivity contribution is 1.12. The minimum atomic E-state index is 0.332. The zero-order valence-electron chi connectivity index (χ0n) is 8.52. The van der Waals surface area contributed by atoms with Crippen molar-refractivity contribution in [1.29, 1.82) is 5.26 Å². The highest BCUT2D eigenvalue weighted by Crippen LogP contribution is 2.33. The van der Waals surface area contributed by atoms with Crippen molar-refractivity contribution in [2.24, 2.45) is 0 Å². The van der Waals surface area contributed by atoms with E-state index in [1.165, 1.54) is 11.8 Å². The fourth-order valence-electron chi connectivity index (χ4n) is 1.23. The average Bonchev–Trinajstić information content (AvgIpc) is 2.31. The van der Waals surface area contributed by atoms with Gasteiger partial charge in [-0.1, -0.05) is 35.5 Å². The van der Waals surface area contributed by atoms with Gasteiger partial charge in [0, 0.05) is 9.37 Å². The number of hydrogen-bond acceptors (Lipinski definition) is 3. The first-order chi connectivity index (χ1) is 8.19. The van der Waals surface area contributed by atoms with Crippen LogP contribution in [0.4, 0.5) is 0 Å². The molecule has 5 heteroatoms. The maximum atomic E-state index is 8.85. The summed E-state index contributed by atoms with van der Waals surface area (Å²) >= 11 is 10.8. The standard InChI is InChI=1S/C12H6BrClN2S/c13-9-3-1-2-4-10(9)17-12-6-8(7-15)5-11(14)16-12/h1-6H. The van der Waals surface area contributed by atoms with Gasteiger partial charge < -0.3 is 0 Å². The lowest BCUT2D eigenvalue weighted by atomic mass is 10.3. The first-order valence-corrected chi connectivity index (χ1v) is 6.68. The van der Waals surface area contributed by atoms with Gasteiger partial charge in [0.2, 0.25) is 0 Å². The number of rotatable bonds is 2. The van der Waals surface area contributed by atoms with E-state index in [9.17, 15) is 0 Å². The molecule has 0 aliphatic rings.